The third-order valence-corrected chi connectivity index (χ3v) is 4.62. The van der Waals surface area contributed by atoms with Gasteiger partial charge in [0.05, 0.1) is 0 Å². The Kier molecular flexibility index (Phi) is 5.43. The van der Waals surface area contributed by atoms with Crippen LogP contribution < -0.4 is 0 Å². The number of rotatable bonds is 5. The fourth-order valence-electron chi connectivity index (χ4n) is 2.81. The number of hydrogen-bond acceptors (Lipinski definition) is 3. The van der Waals surface area contributed by atoms with E-state index >= 15 is 0 Å². The van der Waals surface area contributed by atoms with Gasteiger partial charge in [-0.2, -0.15) is 0 Å². The first kappa shape index (κ1) is 17.5. The van der Waals surface area contributed by atoms with E-state index in [4.69, 9.17) is 4.74 Å². The largest absolute Gasteiger partial charge is 0.454 e. The van der Waals surface area contributed by atoms with E-state index in [0.29, 0.717) is 10.0 Å². The Morgan fingerprint density at radius 2 is 1.92 bits per heavy atom. The Morgan fingerprint density at radius 1 is 1.12 bits per heavy atom. The van der Waals surface area contributed by atoms with Gasteiger partial charge < -0.3 is 4.74 Å². The molecule has 25 heavy (non-hydrogen) atoms. The molecule has 0 saturated carbocycles. The van der Waals surface area contributed by atoms with Crippen molar-refractivity contribution in [3.8, 4) is 0 Å². The van der Waals surface area contributed by atoms with Crippen LogP contribution in [0.4, 0.5) is 4.39 Å². The second-order valence-corrected chi connectivity index (χ2v) is 6.78. The van der Waals surface area contributed by atoms with Crippen molar-refractivity contribution in [1.82, 2.24) is 0 Å². The van der Waals surface area contributed by atoms with E-state index in [9.17, 15) is 14.0 Å². The molecule has 0 atom stereocenters. The van der Waals surface area contributed by atoms with Gasteiger partial charge in [-0.3, -0.25) is 4.79 Å². The van der Waals surface area contributed by atoms with Crippen molar-refractivity contribution in [1.29, 1.82) is 0 Å². The molecule has 3 rings (SSSR count). The minimum atomic E-state index is -0.686. The third kappa shape index (κ3) is 4.42. The SMILES string of the molecule is O=C(/C=C/c1cc(Br)ccc1F)OCC(=O)c1ccc2c(c1)CCC2. The quantitative estimate of drug-likeness (QED) is 0.419. The summed E-state index contributed by atoms with van der Waals surface area (Å²) in [5, 5.41) is 0. The summed E-state index contributed by atoms with van der Waals surface area (Å²) in [5.41, 5.74) is 3.29. The van der Waals surface area contributed by atoms with E-state index < -0.39 is 11.8 Å². The Morgan fingerprint density at radius 3 is 2.76 bits per heavy atom. The lowest BCUT2D eigenvalue weighted by atomic mass is 10.0. The first-order valence-corrected chi connectivity index (χ1v) is 8.77. The molecule has 0 N–H and O–H groups in total. The molecule has 1 aliphatic carbocycles. The molecule has 0 amide bonds. The van der Waals surface area contributed by atoms with Crippen molar-refractivity contribution in [3.05, 3.63) is 75.0 Å². The topological polar surface area (TPSA) is 43.4 Å². The number of ether oxygens (including phenoxy) is 1. The fraction of sp³-hybridized carbons (Fsp3) is 0.200. The van der Waals surface area contributed by atoms with Crippen LogP contribution in [0.2, 0.25) is 0 Å². The maximum atomic E-state index is 13.6. The molecule has 0 radical (unpaired) electrons. The van der Waals surface area contributed by atoms with Gasteiger partial charge in [0.2, 0.25) is 0 Å². The van der Waals surface area contributed by atoms with Crippen LogP contribution >= 0.6 is 15.9 Å². The van der Waals surface area contributed by atoms with Crippen LogP contribution in [0, 0.1) is 5.82 Å². The number of benzene rings is 2. The predicted molar refractivity (Wildman–Crippen MR) is 96.9 cm³/mol. The van der Waals surface area contributed by atoms with Gasteiger partial charge in [-0.25, -0.2) is 9.18 Å². The molecular formula is C20H16BrFO3. The van der Waals surface area contributed by atoms with Gasteiger partial charge in [-0.05, 0) is 60.7 Å². The highest BCUT2D eigenvalue weighted by Crippen LogP contribution is 2.23. The lowest BCUT2D eigenvalue weighted by molar-refractivity contribution is -0.136. The van der Waals surface area contributed by atoms with Crippen LogP contribution in [0.1, 0.15) is 33.5 Å². The molecule has 0 saturated heterocycles. The number of halogens is 2. The van der Waals surface area contributed by atoms with Crippen molar-refractivity contribution >= 4 is 33.8 Å². The van der Waals surface area contributed by atoms with Crippen LogP contribution in [-0.4, -0.2) is 18.4 Å². The zero-order valence-electron chi connectivity index (χ0n) is 13.4. The number of fused-ring (bicyclic) bond motifs is 1. The highest BCUT2D eigenvalue weighted by molar-refractivity contribution is 9.10. The van der Waals surface area contributed by atoms with Crippen molar-refractivity contribution in [2.45, 2.75) is 19.3 Å². The molecule has 0 fully saturated rings. The van der Waals surface area contributed by atoms with E-state index in [1.165, 1.54) is 23.3 Å². The van der Waals surface area contributed by atoms with Gasteiger partial charge in [0.25, 0.3) is 0 Å². The molecule has 5 heteroatoms. The smallest absolute Gasteiger partial charge is 0.331 e. The number of hydrogen-bond donors (Lipinski definition) is 0. The lowest BCUT2D eigenvalue weighted by Gasteiger charge is -2.05. The lowest BCUT2D eigenvalue weighted by Crippen LogP contribution is -2.12. The van der Waals surface area contributed by atoms with Crippen molar-refractivity contribution < 1.29 is 18.7 Å². The van der Waals surface area contributed by atoms with E-state index in [1.54, 1.807) is 18.2 Å². The van der Waals surface area contributed by atoms with Gasteiger partial charge >= 0.3 is 5.97 Å². The zero-order valence-corrected chi connectivity index (χ0v) is 15.0. The van der Waals surface area contributed by atoms with E-state index in [2.05, 4.69) is 15.9 Å². The van der Waals surface area contributed by atoms with Crippen LogP contribution in [0.25, 0.3) is 6.08 Å². The fourth-order valence-corrected chi connectivity index (χ4v) is 3.19. The molecule has 0 spiro atoms. The zero-order chi connectivity index (χ0) is 17.8. The number of carbonyl (C=O) groups excluding carboxylic acids is 2. The normalized spacial score (nSPS) is 13.0. The third-order valence-electron chi connectivity index (χ3n) is 4.12. The van der Waals surface area contributed by atoms with Gasteiger partial charge in [0.15, 0.2) is 12.4 Å². The molecule has 128 valence electrons. The monoisotopic (exact) mass is 402 g/mol. The van der Waals surface area contributed by atoms with Crippen molar-refractivity contribution in [2.24, 2.45) is 0 Å². The number of Topliss-reactive ketones (excluding diaryl/α,β-unsaturated/α-hetero) is 1. The average molecular weight is 403 g/mol. The van der Waals surface area contributed by atoms with Gasteiger partial charge in [0.1, 0.15) is 5.82 Å². The molecule has 0 aliphatic heterocycles. The average Bonchev–Trinajstić information content (AvgIpc) is 3.08. The molecule has 2 aromatic carbocycles. The van der Waals surface area contributed by atoms with Crippen LogP contribution in [0.3, 0.4) is 0 Å². The van der Waals surface area contributed by atoms with Gasteiger partial charge in [-0.15, -0.1) is 0 Å². The predicted octanol–water partition coefficient (Wildman–Crippen LogP) is 4.52. The van der Waals surface area contributed by atoms with E-state index in [0.717, 1.165) is 25.3 Å². The number of aryl methyl sites for hydroxylation is 2. The molecule has 0 bridgehead atoms. The summed E-state index contributed by atoms with van der Waals surface area (Å²) in [4.78, 5) is 23.9. The summed E-state index contributed by atoms with van der Waals surface area (Å²) in [7, 11) is 0. The molecular weight excluding hydrogens is 387 g/mol. The standard InChI is InChI=1S/C20H16BrFO3/c21-17-7-8-18(22)15(11-17)6-9-20(24)25-12-19(23)16-5-4-13-2-1-3-14(13)10-16/h4-11H,1-3,12H2/b9-6+. The highest BCUT2D eigenvalue weighted by atomic mass is 79.9. The first-order chi connectivity index (χ1) is 12.0. The minimum absolute atomic E-state index is 0.245. The molecule has 0 heterocycles. The number of carbonyl (C=O) groups is 2. The molecule has 0 unspecified atom stereocenters. The molecule has 0 aromatic heterocycles. The second kappa shape index (κ2) is 7.74. The van der Waals surface area contributed by atoms with E-state index in [1.807, 2.05) is 12.1 Å². The molecule has 3 nitrogen and oxygen atoms in total. The summed E-state index contributed by atoms with van der Waals surface area (Å²) in [6, 6.07) is 10.0. The number of ketones is 1. The maximum Gasteiger partial charge on any atom is 0.331 e. The minimum Gasteiger partial charge on any atom is -0.454 e. The van der Waals surface area contributed by atoms with Gasteiger partial charge in [0, 0.05) is 21.7 Å². The summed E-state index contributed by atoms with van der Waals surface area (Å²) in [6.07, 6.45) is 5.58. The van der Waals surface area contributed by atoms with Crippen molar-refractivity contribution in [2.75, 3.05) is 6.61 Å². The van der Waals surface area contributed by atoms with Crippen LogP contribution in [-0.2, 0) is 22.4 Å². The van der Waals surface area contributed by atoms with Gasteiger partial charge in [-0.1, -0.05) is 28.1 Å². The summed E-state index contributed by atoms with van der Waals surface area (Å²) in [5.74, 6) is -1.37. The highest BCUT2D eigenvalue weighted by Gasteiger charge is 2.14. The van der Waals surface area contributed by atoms with Crippen molar-refractivity contribution in [3.63, 3.8) is 0 Å². The van der Waals surface area contributed by atoms with Crippen LogP contribution in [0.15, 0.2) is 46.9 Å². The Labute approximate surface area is 153 Å². The Hall–Kier alpha value is -2.27. The first-order valence-electron chi connectivity index (χ1n) is 7.98. The number of esters is 1. The van der Waals surface area contributed by atoms with Crippen LogP contribution in [0.5, 0.6) is 0 Å². The second-order valence-electron chi connectivity index (χ2n) is 5.87. The molecule has 2 aromatic rings. The molecule has 1 aliphatic rings. The Bertz CT molecular complexity index is 858. The summed E-state index contributed by atoms with van der Waals surface area (Å²) in [6.45, 7) is -0.330. The summed E-state index contributed by atoms with van der Waals surface area (Å²) >= 11 is 3.24. The Balaban J connectivity index is 1.57. The maximum absolute atomic E-state index is 13.6. The van der Waals surface area contributed by atoms with E-state index in [-0.39, 0.29) is 18.0 Å². The summed E-state index contributed by atoms with van der Waals surface area (Å²) < 4.78 is 19.2.